The Bertz CT molecular complexity index is 975. The monoisotopic (exact) mass is 343 g/mol. The van der Waals surface area contributed by atoms with E-state index in [4.69, 9.17) is 16.3 Å². The number of aryl methyl sites for hydroxylation is 2. The number of carbonyl (C=O) groups excluding carboxylic acids is 1. The van der Waals surface area contributed by atoms with E-state index >= 15 is 0 Å². The first kappa shape index (κ1) is 16.1. The van der Waals surface area contributed by atoms with E-state index in [0.29, 0.717) is 16.5 Å². The highest BCUT2D eigenvalue weighted by Crippen LogP contribution is 2.20. The average molecular weight is 344 g/mol. The molecule has 0 unspecified atom stereocenters. The number of halogens is 1. The first-order valence-electron chi connectivity index (χ1n) is 7.24. The molecule has 2 heterocycles. The van der Waals surface area contributed by atoms with Gasteiger partial charge in [-0.05, 0) is 37.6 Å². The van der Waals surface area contributed by atoms with Crippen molar-refractivity contribution in [1.29, 1.82) is 0 Å². The lowest BCUT2D eigenvalue weighted by atomic mass is 10.1. The SMILES string of the molecule is Cc1cc(C)c(C(=O)OCc2nc3ccccc3c(=O)[nH]2)c(Cl)n1. The van der Waals surface area contributed by atoms with Crippen molar-refractivity contribution >= 4 is 28.5 Å². The molecular weight excluding hydrogens is 330 g/mol. The molecule has 122 valence electrons. The molecule has 0 fully saturated rings. The van der Waals surface area contributed by atoms with Crippen LogP contribution in [0.1, 0.15) is 27.4 Å². The molecule has 2 aromatic heterocycles. The Morgan fingerprint density at radius 1 is 1.25 bits per heavy atom. The minimum absolute atomic E-state index is 0.0949. The van der Waals surface area contributed by atoms with Crippen molar-refractivity contribution < 1.29 is 9.53 Å². The number of nitrogens with zero attached hydrogens (tertiary/aromatic N) is 2. The highest BCUT2D eigenvalue weighted by atomic mass is 35.5. The van der Waals surface area contributed by atoms with Crippen molar-refractivity contribution in [2.24, 2.45) is 0 Å². The maximum Gasteiger partial charge on any atom is 0.342 e. The number of benzene rings is 1. The van der Waals surface area contributed by atoms with Gasteiger partial charge in [-0.3, -0.25) is 4.79 Å². The smallest absolute Gasteiger partial charge is 0.342 e. The van der Waals surface area contributed by atoms with Crippen LogP contribution >= 0.6 is 11.6 Å². The molecule has 3 aromatic rings. The summed E-state index contributed by atoms with van der Waals surface area (Å²) in [6.07, 6.45) is 0. The number of hydrogen-bond acceptors (Lipinski definition) is 5. The van der Waals surface area contributed by atoms with Crippen LogP contribution in [0.3, 0.4) is 0 Å². The van der Waals surface area contributed by atoms with E-state index in [2.05, 4.69) is 15.0 Å². The Labute approximate surface area is 142 Å². The summed E-state index contributed by atoms with van der Waals surface area (Å²) in [6.45, 7) is 3.38. The van der Waals surface area contributed by atoms with Crippen molar-refractivity contribution in [1.82, 2.24) is 15.0 Å². The zero-order chi connectivity index (χ0) is 17.3. The normalized spacial score (nSPS) is 10.8. The van der Waals surface area contributed by atoms with Gasteiger partial charge in [0.15, 0.2) is 0 Å². The zero-order valence-electron chi connectivity index (χ0n) is 13.1. The van der Waals surface area contributed by atoms with Crippen LogP contribution in [-0.4, -0.2) is 20.9 Å². The summed E-state index contributed by atoms with van der Waals surface area (Å²) in [6, 6.07) is 8.69. The number of H-pyrrole nitrogens is 1. The van der Waals surface area contributed by atoms with Gasteiger partial charge >= 0.3 is 5.97 Å². The number of para-hydroxylation sites is 1. The average Bonchev–Trinajstić information content (AvgIpc) is 2.52. The quantitative estimate of drug-likeness (QED) is 0.583. The number of hydrogen-bond donors (Lipinski definition) is 1. The molecule has 1 aromatic carbocycles. The summed E-state index contributed by atoms with van der Waals surface area (Å²) in [5.74, 6) is -0.346. The molecule has 0 amide bonds. The Balaban J connectivity index is 1.84. The molecule has 6 nitrogen and oxygen atoms in total. The molecule has 0 atom stereocenters. The van der Waals surface area contributed by atoms with Crippen molar-refractivity contribution in [2.45, 2.75) is 20.5 Å². The molecule has 0 radical (unpaired) electrons. The molecule has 24 heavy (non-hydrogen) atoms. The summed E-state index contributed by atoms with van der Waals surface area (Å²) in [5.41, 5.74) is 1.87. The minimum Gasteiger partial charge on any atom is -0.454 e. The van der Waals surface area contributed by atoms with Crippen LogP contribution in [0.15, 0.2) is 35.1 Å². The van der Waals surface area contributed by atoms with Crippen molar-refractivity contribution in [3.8, 4) is 0 Å². The molecule has 7 heteroatoms. The van der Waals surface area contributed by atoms with Gasteiger partial charge in [-0.15, -0.1) is 0 Å². The predicted molar refractivity (Wildman–Crippen MR) is 90.2 cm³/mol. The summed E-state index contributed by atoms with van der Waals surface area (Å²) < 4.78 is 5.22. The summed E-state index contributed by atoms with van der Waals surface area (Å²) >= 11 is 6.03. The number of pyridine rings is 1. The summed E-state index contributed by atoms with van der Waals surface area (Å²) in [4.78, 5) is 35.2. The number of carbonyl (C=O) groups is 1. The third kappa shape index (κ3) is 3.14. The Kier molecular flexibility index (Phi) is 4.31. The van der Waals surface area contributed by atoms with Gasteiger partial charge in [0.05, 0.1) is 16.5 Å². The van der Waals surface area contributed by atoms with E-state index < -0.39 is 5.97 Å². The summed E-state index contributed by atoms with van der Waals surface area (Å²) in [7, 11) is 0. The Morgan fingerprint density at radius 2 is 2.00 bits per heavy atom. The minimum atomic E-state index is -0.610. The van der Waals surface area contributed by atoms with Gasteiger partial charge in [-0.1, -0.05) is 23.7 Å². The van der Waals surface area contributed by atoms with E-state index in [1.807, 2.05) is 0 Å². The first-order chi connectivity index (χ1) is 11.5. The maximum atomic E-state index is 12.3. The summed E-state index contributed by atoms with van der Waals surface area (Å²) in [5, 5.41) is 0.576. The van der Waals surface area contributed by atoms with Gasteiger partial charge < -0.3 is 9.72 Å². The van der Waals surface area contributed by atoms with Gasteiger partial charge in [0, 0.05) is 5.69 Å². The van der Waals surface area contributed by atoms with Crippen LogP contribution < -0.4 is 5.56 Å². The van der Waals surface area contributed by atoms with Gasteiger partial charge in [0.2, 0.25) is 0 Å². The highest BCUT2D eigenvalue weighted by Gasteiger charge is 2.17. The van der Waals surface area contributed by atoms with E-state index in [1.165, 1.54) is 0 Å². The number of fused-ring (bicyclic) bond motifs is 1. The Morgan fingerprint density at radius 3 is 2.75 bits per heavy atom. The predicted octanol–water partition coefficient (Wildman–Crippen LogP) is 2.95. The zero-order valence-corrected chi connectivity index (χ0v) is 13.8. The molecule has 3 rings (SSSR count). The van der Waals surface area contributed by atoms with Crippen molar-refractivity contribution in [2.75, 3.05) is 0 Å². The third-order valence-corrected chi connectivity index (χ3v) is 3.78. The second kappa shape index (κ2) is 6.41. The fourth-order valence-corrected chi connectivity index (χ4v) is 2.81. The van der Waals surface area contributed by atoms with E-state index in [1.54, 1.807) is 44.2 Å². The van der Waals surface area contributed by atoms with Gasteiger partial charge in [0.25, 0.3) is 5.56 Å². The number of rotatable bonds is 3. The third-order valence-electron chi connectivity index (χ3n) is 3.51. The van der Waals surface area contributed by atoms with Gasteiger partial charge in [0.1, 0.15) is 17.6 Å². The molecule has 1 N–H and O–H groups in total. The van der Waals surface area contributed by atoms with Crippen LogP contribution in [0.25, 0.3) is 10.9 Å². The molecule has 0 spiro atoms. The number of aromatic nitrogens is 3. The van der Waals surface area contributed by atoms with Gasteiger partial charge in [-0.25, -0.2) is 14.8 Å². The lowest BCUT2D eigenvalue weighted by Gasteiger charge is -2.09. The van der Waals surface area contributed by atoms with Crippen molar-refractivity contribution in [3.05, 3.63) is 68.5 Å². The second-order valence-corrected chi connectivity index (χ2v) is 5.71. The number of esters is 1. The van der Waals surface area contributed by atoms with Crippen LogP contribution in [-0.2, 0) is 11.3 Å². The topological polar surface area (TPSA) is 84.9 Å². The van der Waals surface area contributed by atoms with Crippen LogP contribution in [0, 0.1) is 13.8 Å². The van der Waals surface area contributed by atoms with Crippen molar-refractivity contribution in [3.63, 3.8) is 0 Å². The molecule has 0 saturated heterocycles. The molecule has 0 saturated carbocycles. The van der Waals surface area contributed by atoms with Gasteiger partial charge in [-0.2, -0.15) is 0 Å². The standard InChI is InChI=1S/C17H14ClN3O3/c1-9-7-10(2)19-15(18)14(9)17(23)24-8-13-20-12-6-4-3-5-11(12)16(22)21-13/h3-7H,8H2,1-2H3,(H,20,21,22). The number of aromatic amines is 1. The van der Waals surface area contributed by atoms with Crippen LogP contribution in [0.5, 0.6) is 0 Å². The lowest BCUT2D eigenvalue weighted by molar-refractivity contribution is 0.0461. The first-order valence-corrected chi connectivity index (χ1v) is 7.62. The molecule has 0 aliphatic carbocycles. The number of ether oxygens (including phenoxy) is 1. The molecule has 0 aliphatic rings. The van der Waals surface area contributed by atoms with E-state index in [9.17, 15) is 9.59 Å². The fourth-order valence-electron chi connectivity index (χ4n) is 2.45. The molecular formula is C17H14ClN3O3. The van der Waals surface area contributed by atoms with E-state index in [0.717, 1.165) is 5.69 Å². The Hall–Kier alpha value is -2.73. The largest absolute Gasteiger partial charge is 0.454 e. The lowest BCUT2D eigenvalue weighted by Crippen LogP contribution is -2.15. The molecule has 0 bridgehead atoms. The second-order valence-electron chi connectivity index (χ2n) is 5.35. The van der Waals surface area contributed by atoms with Crippen LogP contribution in [0.2, 0.25) is 5.15 Å². The van der Waals surface area contributed by atoms with E-state index in [-0.39, 0.29) is 28.7 Å². The van der Waals surface area contributed by atoms with Crippen LogP contribution in [0.4, 0.5) is 0 Å². The number of nitrogens with one attached hydrogen (secondary N) is 1. The molecule has 0 aliphatic heterocycles. The highest BCUT2D eigenvalue weighted by molar-refractivity contribution is 6.32. The fraction of sp³-hybridized carbons (Fsp3) is 0.176. The maximum absolute atomic E-state index is 12.3.